The SMILES string of the molecule is O=[N+]([O-])c1ccccc1CNc1cccc2ccccc12. The molecule has 4 heteroatoms. The van der Waals surface area contributed by atoms with Crippen LogP contribution in [0, 0.1) is 10.1 Å². The molecule has 0 unspecified atom stereocenters. The molecule has 0 fully saturated rings. The number of fused-ring (bicyclic) bond motifs is 1. The number of anilines is 1. The van der Waals surface area contributed by atoms with Crippen molar-refractivity contribution in [2.45, 2.75) is 6.54 Å². The van der Waals surface area contributed by atoms with Gasteiger partial charge in [0.05, 0.1) is 4.92 Å². The maximum Gasteiger partial charge on any atom is 0.274 e. The largest absolute Gasteiger partial charge is 0.380 e. The van der Waals surface area contributed by atoms with Gasteiger partial charge < -0.3 is 5.32 Å². The molecule has 0 heterocycles. The van der Waals surface area contributed by atoms with E-state index >= 15 is 0 Å². The zero-order valence-electron chi connectivity index (χ0n) is 11.3. The highest BCUT2D eigenvalue weighted by Gasteiger charge is 2.11. The van der Waals surface area contributed by atoms with E-state index in [0.717, 1.165) is 16.5 Å². The maximum atomic E-state index is 11.0. The zero-order chi connectivity index (χ0) is 14.7. The Kier molecular flexibility index (Phi) is 3.51. The second-order valence-corrected chi connectivity index (χ2v) is 4.77. The topological polar surface area (TPSA) is 55.2 Å². The number of benzene rings is 3. The van der Waals surface area contributed by atoms with Gasteiger partial charge in [0.15, 0.2) is 0 Å². The van der Waals surface area contributed by atoms with Crippen molar-refractivity contribution in [3.05, 3.63) is 82.4 Å². The van der Waals surface area contributed by atoms with Crippen LogP contribution in [0.2, 0.25) is 0 Å². The molecule has 21 heavy (non-hydrogen) atoms. The number of nitro groups is 1. The van der Waals surface area contributed by atoms with Crippen molar-refractivity contribution in [3.8, 4) is 0 Å². The van der Waals surface area contributed by atoms with Crippen LogP contribution in [0.15, 0.2) is 66.7 Å². The predicted molar refractivity (Wildman–Crippen MR) is 84.4 cm³/mol. The molecule has 3 aromatic carbocycles. The van der Waals surface area contributed by atoms with E-state index in [1.165, 1.54) is 6.07 Å². The third-order valence-corrected chi connectivity index (χ3v) is 3.45. The first-order chi connectivity index (χ1) is 10.3. The van der Waals surface area contributed by atoms with Crippen LogP contribution in [0.3, 0.4) is 0 Å². The van der Waals surface area contributed by atoms with E-state index in [0.29, 0.717) is 12.1 Å². The van der Waals surface area contributed by atoms with Gasteiger partial charge in [-0.15, -0.1) is 0 Å². The van der Waals surface area contributed by atoms with Gasteiger partial charge in [-0.1, -0.05) is 54.6 Å². The van der Waals surface area contributed by atoms with E-state index in [4.69, 9.17) is 0 Å². The summed E-state index contributed by atoms with van der Waals surface area (Å²) in [5.41, 5.74) is 1.80. The molecule has 0 atom stereocenters. The van der Waals surface area contributed by atoms with E-state index in [-0.39, 0.29) is 10.6 Å². The van der Waals surface area contributed by atoms with Crippen molar-refractivity contribution in [2.75, 3.05) is 5.32 Å². The molecular weight excluding hydrogens is 264 g/mol. The van der Waals surface area contributed by atoms with Crippen LogP contribution in [-0.2, 0) is 6.54 Å². The molecule has 0 amide bonds. The molecule has 0 aliphatic carbocycles. The highest BCUT2D eigenvalue weighted by molar-refractivity contribution is 5.93. The Morgan fingerprint density at radius 3 is 2.48 bits per heavy atom. The Balaban J connectivity index is 1.89. The highest BCUT2D eigenvalue weighted by Crippen LogP contribution is 2.25. The Labute approximate surface area is 122 Å². The molecule has 0 spiro atoms. The zero-order valence-corrected chi connectivity index (χ0v) is 11.3. The second kappa shape index (κ2) is 5.63. The fourth-order valence-electron chi connectivity index (χ4n) is 2.41. The monoisotopic (exact) mass is 278 g/mol. The molecule has 0 aromatic heterocycles. The first kappa shape index (κ1) is 13.1. The van der Waals surface area contributed by atoms with E-state index in [9.17, 15) is 10.1 Å². The summed E-state index contributed by atoms with van der Waals surface area (Å²) in [6, 6.07) is 20.9. The summed E-state index contributed by atoms with van der Waals surface area (Å²) in [6.45, 7) is 0.422. The van der Waals surface area contributed by atoms with Gasteiger partial charge in [-0.2, -0.15) is 0 Å². The first-order valence-electron chi connectivity index (χ1n) is 6.69. The molecule has 4 nitrogen and oxygen atoms in total. The molecular formula is C17H14N2O2. The number of rotatable bonds is 4. The summed E-state index contributed by atoms with van der Waals surface area (Å²) in [6.07, 6.45) is 0. The highest BCUT2D eigenvalue weighted by atomic mass is 16.6. The average molecular weight is 278 g/mol. The van der Waals surface area contributed by atoms with Crippen molar-refractivity contribution >= 4 is 22.1 Å². The summed E-state index contributed by atoms with van der Waals surface area (Å²) < 4.78 is 0. The minimum Gasteiger partial charge on any atom is -0.380 e. The van der Waals surface area contributed by atoms with Crippen LogP contribution in [-0.4, -0.2) is 4.92 Å². The van der Waals surface area contributed by atoms with E-state index in [1.54, 1.807) is 12.1 Å². The molecule has 3 aromatic rings. The summed E-state index contributed by atoms with van der Waals surface area (Å²) >= 11 is 0. The van der Waals surface area contributed by atoms with Crippen LogP contribution in [0.25, 0.3) is 10.8 Å². The number of nitro benzene ring substituents is 1. The third kappa shape index (κ3) is 2.69. The predicted octanol–water partition coefficient (Wildman–Crippen LogP) is 4.36. The van der Waals surface area contributed by atoms with Gasteiger partial charge in [-0.25, -0.2) is 0 Å². The molecule has 0 bridgehead atoms. The van der Waals surface area contributed by atoms with E-state index in [1.807, 2.05) is 48.5 Å². The molecule has 0 aliphatic rings. The number of hydrogen-bond donors (Lipinski definition) is 1. The van der Waals surface area contributed by atoms with Crippen molar-refractivity contribution < 1.29 is 4.92 Å². The van der Waals surface area contributed by atoms with Crippen LogP contribution >= 0.6 is 0 Å². The standard InChI is InChI=1S/C17H14N2O2/c20-19(21)17-11-4-2-7-14(17)12-18-16-10-5-8-13-6-1-3-9-15(13)16/h1-11,18H,12H2. The molecule has 1 N–H and O–H groups in total. The van der Waals surface area contributed by atoms with Gasteiger partial charge in [0.1, 0.15) is 0 Å². The fourth-order valence-corrected chi connectivity index (χ4v) is 2.41. The van der Waals surface area contributed by atoms with Crippen LogP contribution in [0.4, 0.5) is 11.4 Å². The van der Waals surface area contributed by atoms with Gasteiger partial charge in [0.25, 0.3) is 5.69 Å². The number of hydrogen-bond acceptors (Lipinski definition) is 3. The fraction of sp³-hybridized carbons (Fsp3) is 0.0588. The second-order valence-electron chi connectivity index (χ2n) is 4.77. The lowest BCUT2D eigenvalue weighted by molar-refractivity contribution is -0.385. The van der Waals surface area contributed by atoms with Crippen molar-refractivity contribution in [1.82, 2.24) is 0 Å². The molecule has 3 rings (SSSR count). The molecule has 0 saturated heterocycles. The van der Waals surface area contributed by atoms with Gasteiger partial charge in [-0.05, 0) is 11.5 Å². The molecule has 0 aliphatic heterocycles. The Morgan fingerprint density at radius 1 is 0.905 bits per heavy atom. The number of nitrogens with one attached hydrogen (secondary N) is 1. The van der Waals surface area contributed by atoms with Gasteiger partial charge in [-0.3, -0.25) is 10.1 Å². The molecule has 0 saturated carbocycles. The molecule has 104 valence electrons. The average Bonchev–Trinajstić information content (AvgIpc) is 2.53. The quantitative estimate of drug-likeness (QED) is 0.570. The van der Waals surface area contributed by atoms with Crippen molar-refractivity contribution in [1.29, 1.82) is 0 Å². The summed E-state index contributed by atoms with van der Waals surface area (Å²) in [7, 11) is 0. The first-order valence-corrected chi connectivity index (χ1v) is 6.69. The van der Waals surface area contributed by atoms with Gasteiger partial charge in [0, 0.05) is 29.2 Å². The third-order valence-electron chi connectivity index (χ3n) is 3.45. The lowest BCUT2D eigenvalue weighted by atomic mass is 10.1. The minimum atomic E-state index is -0.347. The summed E-state index contributed by atoms with van der Waals surface area (Å²) in [5, 5.41) is 16.6. The maximum absolute atomic E-state index is 11.0. The Hall–Kier alpha value is -2.88. The number of para-hydroxylation sites is 1. The smallest absolute Gasteiger partial charge is 0.274 e. The minimum absolute atomic E-state index is 0.144. The van der Waals surface area contributed by atoms with E-state index in [2.05, 4.69) is 5.32 Å². The van der Waals surface area contributed by atoms with E-state index < -0.39 is 0 Å². The lowest BCUT2D eigenvalue weighted by Gasteiger charge is -2.10. The van der Waals surface area contributed by atoms with Crippen molar-refractivity contribution in [3.63, 3.8) is 0 Å². The summed E-state index contributed by atoms with van der Waals surface area (Å²) in [4.78, 5) is 10.7. The van der Waals surface area contributed by atoms with Crippen LogP contribution in [0.5, 0.6) is 0 Å². The lowest BCUT2D eigenvalue weighted by Crippen LogP contribution is -2.03. The van der Waals surface area contributed by atoms with Gasteiger partial charge in [0.2, 0.25) is 0 Å². The van der Waals surface area contributed by atoms with Crippen LogP contribution < -0.4 is 5.32 Å². The van der Waals surface area contributed by atoms with Gasteiger partial charge >= 0.3 is 0 Å². The Bertz CT molecular complexity index is 794. The normalized spacial score (nSPS) is 10.5. The molecule has 0 radical (unpaired) electrons. The Morgan fingerprint density at radius 2 is 1.62 bits per heavy atom. The summed E-state index contributed by atoms with van der Waals surface area (Å²) in [5.74, 6) is 0. The van der Waals surface area contributed by atoms with Crippen molar-refractivity contribution in [2.24, 2.45) is 0 Å². The number of nitrogens with zero attached hydrogens (tertiary/aromatic N) is 1. The van der Waals surface area contributed by atoms with Crippen LogP contribution in [0.1, 0.15) is 5.56 Å².